The van der Waals surface area contributed by atoms with Gasteiger partial charge in [0.25, 0.3) is 12.3 Å². The van der Waals surface area contributed by atoms with Crippen molar-refractivity contribution in [3.05, 3.63) is 106 Å². The van der Waals surface area contributed by atoms with E-state index in [4.69, 9.17) is 9.15 Å². The number of piperidine rings is 1. The second kappa shape index (κ2) is 18.3. The summed E-state index contributed by atoms with van der Waals surface area (Å²) in [5, 5.41) is 10.8. The van der Waals surface area contributed by atoms with Crippen molar-refractivity contribution in [3.63, 3.8) is 0 Å². The zero-order chi connectivity index (χ0) is 43.3. The van der Waals surface area contributed by atoms with E-state index in [9.17, 15) is 41.1 Å². The summed E-state index contributed by atoms with van der Waals surface area (Å²) in [7, 11) is 1.68. The Bertz CT molecular complexity index is 2600. The summed E-state index contributed by atoms with van der Waals surface area (Å²) in [6.07, 6.45) is 0.207. The Labute approximate surface area is 343 Å². The number of benzene rings is 2. The molecule has 1 aliphatic rings. The lowest BCUT2D eigenvalue weighted by atomic mass is 10.0. The van der Waals surface area contributed by atoms with Crippen LogP contribution in [-0.2, 0) is 34.2 Å². The molecule has 0 bridgehead atoms. The third kappa shape index (κ3) is 10.0. The Morgan fingerprint density at radius 3 is 2.57 bits per heavy atom. The highest BCUT2D eigenvalue weighted by Crippen LogP contribution is 2.29. The van der Waals surface area contributed by atoms with Crippen LogP contribution in [0.15, 0.2) is 82.5 Å². The van der Waals surface area contributed by atoms with Crippen molar-refractivity contribution in [3.8, 4) is 17.1 Å². The van der Waals surface area contributed by atoms with Crippen LogP contribution in [0, 0.1) is 0 Å². The van der Waals surface area contributed by atoms with Crippen LogP contribution in [0.5, 0.6) is 0 Å². The standard InChI is InChI=1S/C41H40F5N9O6/c1-53-35-25(7-4-9-30(35)55(40(53)59)31-14-15-33(56)51-38(31)58)8-5-19-60-18-3-2-6-24-10-12-27(13-11-24)54-21-28(34(52-54)36(42)43)49-37(57)29-22-61-39(50-29)26-16-17-47-32(20-26)48-23-41(44,45)46/h4,7,9-13,16-17,20-22,31,36H,2-3,5-6,8,14-15,18-19,23H2,1H3,(H,47,48)(H,49,57)(H,51,56,58). The first-order valence-electron chi connectivity index (χ1n) is 19.4. The molecule has 0 radical (unpaired) electrons. The van der Waals surface area contributed by atoms with Gasteiger partial charge in [-0.2, -0.15) is 18.3 Å². The molecule has 1 fully saturated rings. The number of oxazole rings is 1. The van der Waals surface area contributed by atoms with Crippen LogP contribution in [0.3, 0.4) is 0 Å². The van der Waals surface area contributed by atoms with Crippen molar-refractivity contribution in [2.75, 3.05) is 30.4 Å². The summed E-state index contributed by atoms with van der Waals surface area (Å²) in [5.74, 6) is -1.88. The molecule has 0 spiro atoms. The number of alkyl halides is 5. The molecule has 5 heterocycles. The number of hydrogen-bond donors (Lipinski definition) is 3. The lowest BCUT2D eigenvalue weighted by Crippen LogP contribution is -2.44. The number of anilines is 2. The number of nitrogens with one attached hydrogen (secondary N) is 3. The van der Waals surface area contributed by atoms with E-state index in [1.54, 1.807) is 23.7 Å². The number of hydrogen-bond acceptors (Lipinski definition) is 10. The van der Waals surface area contributed by atoms with Crippen LogP contribution in [0.4, 0.5) is 33.5 Å². The monoisotopic (exact) mass is 849 g/mol. The zero-order valence-corrected chi connectivity index (χ0v) is 32.7. The number of imide groups is 1. The average molecular weight is 850 g/mol. The molecule has 3 N–H and O–H groups in total. The highest BCUT2D eigenvalue weighted by Gasteiger charge is 2.32. The van der Waals surface area contributed by atoms with E-state index in [1.165, 1.54) is 33.8 Å². The molecule has 4 aromatic heterocycles. The molecular formula is C41H40F5N9O6. The minimum Gasteiger partial charge on any atom is -0.444 e. The minimum atomic E-state index is -4.47. The highest BCUT2D eigenvalue weighted by atomic mass is 19.4. The van der Waals surface area contributed by atoms with Gasteiger partial charge in [0.2, 0.25) is 17.7 Å². The van der Waals surface area contributed by atoms with Gasteiger partial charge in [-0.05, 0) is 80.0 Å². The maximum Gasteiger partial charge on any atom is 0.405 e. The predicted octanol–water partition coefficient (Wildman–Crippen LogP) is 6.69. The first kappa shape index (κ1) is 42.4. The van der Waals surface area contributed by atoms with Gasteiger partial charge in [-0.1, -0.05) is 24.3 Å². The number of aromatic nitrogens is 6. The van der Waals surface area contributed by atoms with Crippen molar-refractivity contribution in [2.24, 2.45) is 7.05 Å². The Kier molecular flexibility index (Phi) is 12.7. The van der Waals surface area contributed by atoms with Gasteiger partial charge < -0.3 is 19.8 Å². The van der Waals surface area contributed by atoms with Crippen LogP contribution in [-0.4, -0.2) is 72.5 Å². The van der Waals surface area contributed by atoms with E-state index in [1.807, 2.05) is 30.3 Å². The summed E-state index contributed by atoms with van der Waals surface area (Å²) in [6.45, 7) is -0.247. The highest BCUT2D eigenvalue weighted by molar-refractivity contribution is 6.03. The number of unbranched alkanes of at least 4 members (excludes halogenated alkanes) is 1. The predicted molar refractivity (Wildman–Crippen MR) is 211 cm³/mol. The van der Waals surface area contributed by atoms with Gasteiger partial charge in [-0.3, -0.25) is 28.8 Å². The minimum absolute atomic E-state index is 0.0959. The largest absolute Gasteiger partial charge is 0.444 e. The molecule has 7 rings (SSSR count). The van der Waals surface area contributed by atoms with Gasteiger partial charge in [0.15, 0.2) is 11.4 Å². The third-order valence-corrected chi connectivity index (χ3v) is 10.1. The smallest absolute Gasteiger partial charge is 0.405 e. The second-order valence-electron chi connectivity index (χ2n) is 14.4. The number of carbonyl (C=O) groups excluding carboxylic acids is 3. The normalized spacial score (nSPS) is 14.5. The molecule has 1 atom stereocenters. The second-order valence-corrected chi connectivity index (χ2v) is 14.4. The number of amides is 3. The molecule has 320 valence electrons. The quantitative estimate of drug-likeness (QED) is 0.0509. The fraction of sp³-hybridized carbons (Fsp3) is 0.341. The van der Waals surface area contributed by atoms with E-state index < -0.39 is 42.7 Å². The van der Waals surface area contributed by atoms with Gasteiger partial charge in [0, 0.05) is 38.4 Å². The Morgan fingerprint density at radius 1 is 1.03 bits per heavy atom. The molecule has 61 heavy (non-hydrogen) atoms. The SMILES string of the molecule is Cn1c(=O)n(C2CCC(=O)NC2=O)c2cccc(CCCOCCCCc3ccc(-n4cc(NC(=O)c5coc(-c6ccnc(NCC(F)(F)F)c6)n5)c(C(F)F)n4)cc3)c21. The molecule has 0 aliphatic carbocycles. The molecule has 1 aliphatic heterocycles. The fourth-order valence-corrected chi connectivity index (χ4v) is 7.09. The summed E-state index contributed by atoms with van der Waals surface area (Å²) >= 11 is 0. The first-order chi connectivity index (χ1) is 29.3. The number of nitrogens with zero attached hydrogens (tertiary/aromatic N) is 6. The lowest BCUT2D eigenvalue weighted by molar-refractivity contribution is -0.135. The van der Waals surface area contributed by atoms with Crippen molar-refractivity contribution in [1.82, 2.24) is 34.2 Å². The van der Waals surface area contributed by atoms with E-state index in [0.29, 0.717) is 30.8 Å². The fourth-order valence-electron chi connectivity index (χ4n) is 7.09. The van der Waals surface area contributed by atoms with Gasteiger partial charge in [0.05, 0.1) is 28.6 Å². The van der Waals surface area contributed by atoms with Crippen molar-refractivity contribution < 1.29 is 45.5 Å². The number of ether oxygens (including phenoxy) is 1. The summed E-state index contributed by atoms with van der Waals surface area (Å²) in [6, 6.07) is 14.7. The summed E-state index contributed by atoms with van der Waals surface area (Å²) < 4.78 is 81.2. The van der Waals surface area contributed by atoms with Crippen LogP contribution in [0.1, 0.15) is 71.9 Å². The number of halogens is 5. The van der Waals surface area contributed by atoms with E-state index in [-0.39, 0.29) is 53.1 Å². The molecule has 15 nitrogen and oxygen atoms in total. The maximum atomic E-state index is 14.0. The van der Waals surface area contributed by atoms with Gasteiger partial charge in [-0.15, -0.1) is 0 Å². The van der Waals surface area contributed by atoms with Crippen molar-refractivity contribution in [1.29, 1.82) is 0 Å². The van der Waals surface area contributed by atoms with E-state index in [0.717, 1.165) is 48.6 Å². The molecule has 2 aromatic carbocycles. The molecule has 0 saturated carbocycles. The van der Waals surface area contributed by atoms with E-state index >= 15 is 0 Å². The van der Waals surface area contributed by atoms with Crippen LogP contribution >= 0.6 is 0 Å². The molecule has 20 heteroatoms. The first-order valence-corrected chi connectivity index (χ1v) is 19.4. The molecule has 3 amide bonds. The van der Waals surface area contributed by atoms with Gasteiger partial charge >= 0.3 is 11.9 Å². The molecule has 6 aromatic rings. The number of imidazole rings is 1. The van der Waals surface area contributed by atoms with Gasteiger partial charge in [0.1, 0.15) is 24.7 Å². The Hall–Kier alpha value is -6.70. The number of aryl methyl sites for hydroxylation is 3. The summed E-state index contributed by atoms with van der Waals surface area (Å²) in [4.78, 5) is 58.2. The third-order valence-electron chi connectivity index (χ3n) is 10.1. The number of fused-ring (bicyclic) bond motifs is 1. The number of carbonyl (C=O) groups is 3. The van der Waals surface area contributed by atoms with Crippen LogP contribution in [0.2, 0.25) is 0 Å². The maximum absolute atomic E-state index is 14.0. The van der Waals surface area contributed by atoms with Crippen molar-refractivity contribution in [2.45, 2.75) is 63.6 Å². The number of rotatable bonds is 17. The zero-order valence-electron chi connectivity index (χ0n) is 32.7. The lowest BCUT2D eigenvalue weighted by Gasteiger charge is -2.21. The Balaban J connectivity index is 0.870. The average Bonchev–Trinajstić information content (AvgIpc) is 3.96. The van der Waals surface area contributed by atoms with Gasteiger partial charge in [-0.25, -0.2) is 28.2 Å². The van der Waals surface area contributed by atoms with Crippen LogP contribution in [0.25, 0.3) is 28.2 Å². The molecule has 1 saturated heterocycles. The Morgan fingerprint density at radius 2 is 1.82 bits per heavy atom. The molecule has 1 unspecified atom stereocenters. The van der Waals surface area contributed by atoms with E-state index in [2.05, 4.69) is 31.0 Å². The summed E-state index contributed by atoms with van der Waals surface area (Å²) in [5.41, 5.74) is 2.60. The van der Waals surface area contributed by atoms with Crippen LogP contribution < -0.4 is 21.6 Å². The number of pyridine rings is 1. The van der Waals surface area contributed by atoms with Crippen molar-refractivity contribution >= 4 is 40.3 Å². The number of para-hydroxylation sites is 1. The molecular weight excluding hydrogens is 809 g/mol. The topological polar surface area (TPSA) is 180 Å².